The molecule has 1 aliphatic heterocycles. The molecule has 3 aromatic carbocycles. The highest BCUT2D eigenvalue weighted by Crippen LogP contribution is 2.57. The Morgan fingerprint density at radius 1 is 0.837 bits per heavy atom. The molecule has 1 heterocycles. The maximum absolute atomic E-state index is 14.3. The lowest BCUT2D eigenvalue weighted by Gasteiger charge is -2.42. The number of imide groups is 1. The molecule has 1 saturated heterocycles. The van der Waals surface area contributed by atoms with Crippen LogP contribution in [-0.4, -0.2) is 49.8 Å². The van der Waals surface area contributed by atoms with E-state index in [0.29, 0.717) is 45.2 Å². The van der Waals surface area contributed by atoms with Crippen LogP contribution in [0.4, 0.5) is 5.69 Å². The molecule has 1 N–H and O–H groups in total. The zero-order valence-electron chi connectivity index (χ0n) is 27.6. The number of nitrogens with zero attached hydrogens (tertiary/aromatic N) is 1. The molecule has 0 radical (unpaired) electrons. The van der Waals surface area contributed by atoms with Gasteiger partial charge in [0.15, 0.2) is 11.6 Å². The SMILES string of the molecule is COc1ccc(OC)c(C=Cc2ccc(N3C(=O)C4CC=C5C(c6c(O)cccc6OC)C6=C(CC5C4C3=O)C(=O)C(C)=CC6=O)cc2)c1. The number of hydrogen-bond donors (Lipinski definition) is 1. The van der Waals surface area contributed by atoms with Gasteiger partial charge in [0.2, 0.25) is 11.8 Å². The van der Waals surface area contributed by atoms with Crippen molar-refractivity contribution in [2.75, 3.05) is 26.2 Å². The molecule has 3 aliphatic carbocycles. The number of anilines is 1. The average Bonchev–Trinajstić information content (AvgIpc) is 3.37. The van der Waals surface area contributed by atoms with Crippen molar-refractivity contribution in [3.8, 4) is 23.0 Å². The van der Waals surface area contributed by atoms with Crippen molar-refractivity contribution in [2.45, 2.75) is 25.7 Å². The zero-order valence-corrected chi connectivity index (χ0v) is 27.6. The number of benzene rings is 3. The fourth-order valence-electron chi connectivity index (χ4n) is 7.86. The number of Topliss-reactive ketones (excluding diaryl/α,β-unsaturated/α-hetero) is 1. The maximum Gasteiger partial charge on any atom is 0.238 e. The number of allylic oxidation sites excluding steroid dienone is 6. The second-order valence-electron chi connectivity index (χ2n) is 12.7. The minimum Gasteiger partial charge on any atom is -0.507 e. The Morgan fingerprint density at radius 2 is 1.59 bits per heavy atom. The summed E-state index contributed by atoms with van der Waals surface area (Å²) >= 11 is 0. The molecule has 2 amide bonds. The minimum atomic E-state index is -0.808. The van der Waals surface area contributed by atoms with Gasteiger partial charge in [0, 0.05) is 33.8 Å². The average molecular weight is 658 g/mol. The summed E-state index contributed by atoms with van der Waals surface area (Å²) in [5.74, 6) is -2.25. The number of phenols is 1. The first-order valence-corrected chi connectivity index (χ1v) is 16.1. The van der Waals surface area contributed by atoms with E-state index in [9.17, 15) is 24.3 Å². The number of hydrogen-bond acceptors (Lipinski definition) is 8. The summed E-state index contributed by atoms with van der Waals surface area (Å²) in [5.41, 5.74) is 4.18. The van der Waals surface area contributed by atoms with Gasteiger partial charge in [-0.3, -0.25) is 24.1 Å². The van der Waals surface area contributed by atoms with Crippen LogP contribution in [0.15, 0.2) is 95.1 Å². The standard InChI is InChI=1S/C40H35NO8/c1-21-18-31(43)35-29(38(21)44)20-28-26(36(35)37-30(42)6-5-7-33(37)49-4)15-16-27-34(28)40(46)41(39(27)45)24-12-9-22(10-13-24)8-11-23-19-25(47-2)14-17-32(23)48-3/h5-15,17-19,27-28,34,36,42H,16,20H2,1-4H3. The van der Waals surface area contributed by atoms with Crippen LogP contribution in [0.25, 0.3) is 12.2 Å². The van der Waals surface area contributed by atoms with Crippen LogP contribution in [0, 0.1) is 17.8 Å². The molecule has 0 aromatic heterocycles. The Labute approximate surface area is 283 Å². The predicted octanol–water partition coefficient (Wildman–Crippen LogP) is 6.22. The van der Waals surface area contributed by atoms with Gasteiger partial charge in [-0.2, -0.15) is 0 Å². The van der Waals surface area contributed by atoms with Gasteiger partial charge in [-0.15, -0.1) is 0 Å². The van der Waals surface area contributed by atoms with Gasteiger partial charge in [0.25, 0.3) is 0 Å². The van der Waals surface area contributed by atoms with Crippen molar-refractivity contribution in [3.05, 3.63) is 112 Å². The molecule has 0 spiro atoms. The molecule has 9 heteroatoms. The summed E-state index contributed by atoms with van der Waals surface area (Å²) in [6.45, 7) is 1.60. The van der Waals surface area contributed by atoms with E-state index >= 15 is 0 Å². The number of phenolic OH excluding ortho intramolecular Hbond substituents is 1. The second kappa shape index (κ2) is 12.4. The number of aromatic hydroxyl groups is 1. The maximum atomic E-state index is 14.3. The lowest BCUT2D eigenvalue weighted by Crippen LogP contribution is -2.40. The smallest absolute Gasteiger partial charge is 0.238 e. The summed E-state index contributed by atoms with van der Waals surface area (Å²) < 4.78 is 16.4. The summed E-state index contributed by atoms with van der Waals surface area (Å²) in [7, 11) is 4.68. The van der Waals surface area contributed by atoms with Crippen molar-refractivity contribution in [2.24, 2.45) is 17.8 Å². The number of carbonyl (C=O) groups excluding carboxylic acids is 4. The van der Waals surface area contributed by atoms with Crippen molar-refractivity contribution in [1.29, 1.82) is 0 Å². The molecule has 7 rings (SSSR count). The first-order valence-electron chi connectivity index (χ1n) is 16.1. The Bertz CT molecular complexity index is 2050. The van der Waals surface area contributed by atoms with E-state index in [4.69, 9.17) is 14.2 Å². The highest BCUT2D eigenvalue weighted by Gasteiger charge is 2.57. The summed E-state index contributed by atoms with van der Waals surface area (Å²) in [4.78, 5) is 56.7. The number of carbonyl (C=O) groups is 4. The van der Waals surface area contributed by atoms with E-state index in [2.05, 4.69) is 0 Å². The molecular weight excluding hydrogens is 622 g/mol. The molecule has 1 fully saturated rings. The molecule has 4 unspecified atom stereocenters. The van der Waals surface area contributed by atoms with Gasteiger partial charge in [-0.1, -0.05) is 42.0 Å². The second-order valence-corrected chi connectivity index (χ2v) is 12.7. The number of amides is 2. The van der Waals surface area contributed by atoms with Crippen LogP contribution >= 0.6 is 0 Å². The van der Waals surface area contributed by atoms with Crippen LogP contribution in [0.5, 0.6) is 23.0 Å². The number of fused-ring (bicyclic) bond motifs is 3. The predicted molar refractivity (Wildman–Crippen MR) is 183 cm³/mol. The Balaban J connectivity index is 1.23. The first-order chi connectivity index (χ1) is 23.7. The number of methoxy groups -OCH3 is 3. The summed E-state index contributed by atoms with van der Waals surface area (Å²) in [6, 6.07) is 17.5. The first kappa shape index (κ1) is 31.9. The number of rotatable bonds is 7. The van der Waals surface area contributed by atoms with E-state index in [0.717, 1.165) is 16.7 Å². The number of ether oxygens (including phenoxy) is 3. The minimum absolute atomic E-state index is 0.0826. The van der Waals surface area contributed by atoms with Gasteiger partial charge in [-0.05, 0) is 79.8 Å². The zero-order chi connectivity index (χ0) is 34.6. The van der Waals surface area contributed by atoms with Crippen molar-refractivity contribution in [3.63, 3.8) is 0 Å². The number of ketones is 2. The van der Waals surface area contributed by atoms with Gasteiger partial charge < -0.3 is 19.3 Å². The van der Waals surface area contributed by atoms with Crippen LogP contribution in [0.2, 0.25) is 0 Å². The molecule has 3 aromatic rings. The fraction of sp³-hybridized carbons (Fsp3) is 0.250. The molecule has 248 valence electrons. The van der Waals surface area contributed by atoms with E-state index in [-0.39, 0.29) is 42.0 Å². The largest absolute Gasteiger partial charge is 0.507 e. The molecule has 4 atom stereocenters. The molecule has 4 aliphatic rings. The molecule has 0 bridgehead atoms. The Kier molecular flexibility index (Phi) is 8.06. The third kappa shape index (κ3) is 5.17. The monoisotopic (exact) mass is 657 g/mol. The van der Waals surface area contributed by atoms with Gasteiger partial charge in [0.05, 0.1) is 38.9 Å². The lowest BCUT2D eigenvalue weighted by atomic mass is 9.59. The van der Waals surface area contributed by atoms with Gasteiger partial charge in [-0.25, -0.2) is 0 Å². The third-order valence-corrected chi connectivity index (χ3v) is 10.2. The lowest BCUT2D eigenvalue weighted by molar-refractivity contribution is -0.123. The van der Waals surface area contributed by atoms with Crippen molar-refractivity contribution in [1.82, 2.24) is 0 Å². The Morgan fingerprint density at radius 3 is 2.31 bits per heavy atom. The highest BCUT2D eigenvalue weighted by atomic mass is 16.5. The van der Waals surface area contributed by atoms with E-state index in [1.165, 1.54) is 24.2 Å². The quantitative estimate of drug-likeness (QED) is 0.138. The molecule has 0 saturated carbocycles. The molecule has 49 heavy (non-hydrogen) atoms. The van der Waals surface area contributed by atoms with Gasteiger partial charge in [0.1, 0.15) is 23.0 Å². The summed E-state index contributed by atoms with van der Waals surface area (Å²) in [6.07, 6.45) is 7.50. The van der Waals surface area contributed by atoms with Crippen molar-refractivity contribution >= 4 is 41.2 Å². The Hall–Kier alpha value is -5.70. The third-order valence-electron chi connectivity index (χ3n) is 10.2. The van der Waals surface area contributed by atoms with E-state index in [1.54, 1.807) is 45.4 Å². The topological polar surface area (TPSA) is 119 Å². The molecular formula is C40H35NO8. The molecule has 9 nitrogen and oxygen atoms in total. The van der Waals surface area contributed by atoms with Crippen LogP contribution in [-0.2, 0) is 19.2 Å². The van der Waals surface area contributed by atoms with Crippen LogP contribution in [0.1, 0.15) is 42.4 Å². The fourth-order valence-corrected chi connectivity index (χ4v) is 7.86. The van der Waals surface area contributed by atoms with E-state index in [1.807, 2.05) is 48.6 Å². The normalized spacial score (nSPS) is 23.2. The highest BCUT2D eigenvalue weighted by molar-refractivity contribution is 6.25. The van der Waals surface area contributed by atoms with E-state index < -0.39 is 23.7 Å². The van der Waals surface area contributed by atoms with Crippen molar-refractivity contribution < 1.29 is 38.5 Å². The summed E-state index contributed by atoms with van der Waals surface area (Å²) in [5, 5.41) is 11.1. The van der Waals surface area contributed by atoms with Gasteiger partial charge >= 0.3 is 0 Å². The van der Waals surface area contributed by atoms with Crippen LogP contribution < -0.4 is 19.1 Å². The van der Waals surface area contributed by atoms with Crippen LogP contribution in [0.3, 0.4) is 0 Å².